The molecule has 2 heterocycles. The Bertz CT molecular complexity index is 953. The first-order valence-electron chi connectivity index (χ1n) is 8.56. The van der Waals surface area contributed by atoms with Gasteiger partial charge in [-0.25, -0.2) is 0 Å². The number of rotatable bonds is 5. The van der Waals surface area contributed by atoms with Crippen molar-refractivity contribution in [2.45, 2.75) is 20.5 Å². The van der Waals surface area contributed by atoms with Crippen LogP contribution in [0.1, 0.15) is 26.4 Å². The highest BCUT2D eigenvalue weighted by molar-refractivity contribution is 7.80. The fourth-order valence-electron chi connectivity index (χ4n) is 2.60. The summed E-state index contributed by atoms with van der Waals surface area (Å²) in [5, 5.41) is 5.17. The predicted molar refractivity (Wildman–Crippen MR) is 116 cm³/mol. The van der Waals surface area contributed by atoms with Gasteiger partial charge in [-0.2, -0.15) is 0 Å². The molecule has 0 aliphatic heterocycles. The lowest BCUT2D eigenvalue weighted by atomic mass is 10.1. The Morgan fingerprint density at radius 3 is 2.54 bits per heavy atom. The summed E-state index contributed by atoms with van der Waals surface area (Å²) >= 11 is 6.55. The number of hydrogen-bond acceptors (Lipinski definition) is 5. The van der Waals surface area contributed by atoms with Crippen LogP contribution >= 0.6 is 23.6 Å². The number of aryl methyl sites for hydroxylation is 2. The molecule has 3 aromatic rings. The highest BCUT2D eigenvalue weighted by Crippen LogP contribution is 2.25. The number of benzene rings is 1. The molecule has 0 atom stereocenters. The second-order valence-corrected chi connectivity index (χ2v) is 7.49. The number of carbonyl (C=O) groups is 1. The van der Waals surface area contributed by atoms with Crippen molar-refractivity contribution in [3.8, 4) is 5.75 Å². The van der Waals surface area contributed by atoms with Crippen LogP contribution in [0, 0.1) is 13.8 Å². The molecule has 0 spiro atoms. The highest BCUT2D eigenvalue weighted by Gasteiger charge is 2.15. The number of hydrazine groups is 1. The number of thiophene rings is 1. The lowest BCUT2D eigenvalue weighted by molar-refractivity contribution is 0.0944. The fourth-order valence-corrected chi connectivity index (χ4v) is 3.49. The molecule has 0 bridgehead atoms. The molecule has 3 N–H and O–H groups in total. The van der Waals surface area contributed by atoms with Gasteiger partial charge in [0.25, 0.3) is 5.91 Å². The second kappa shape index (κ2) is 9.29. The largest absolute Gasteiger partial charge is 0.487 e. The number of anilines is 1. The Hall–Kier alpha value is -2.97. The molecule has 0 saturated carbocycles. The van der Waals surface area contributed by atoms with Crippen LogP contribution in [0.5, 0.6) is 5.75 Å². The average Bonchev–Trinajstić information content (AvgIpc) is 3.13. The molecule has 0 radical (unpaired) electrons. The Morgan fingerprint density at radius 2 is 1.82 bits per heavy atom. The van der Waals surface area contributed by atoms with E-state index in [9.17, 15) is 4.79 Å². The molecule has 1 aromatic carbocycles. The molecule has 6 nitrogen and oxygen atoms in total. The molecule has 1 amide bonds. The minimum Gasteiger partial charge on any atom is -0.487 e. The zero-order valence-electron chi connectivity index (χ0n) is 15.5. The summed E-state index contributed by atoms with van der Waals surface area (Å²) in [5.74, 6) is 0.207. The van der Waals surface area contributed by atoms with Gasteiger partial charge >= 0.3 is 0 Å². The Balaban J connectivity index is 1.53. The minimum absolute atomic E-state index is 0.300. The zero-order valence-corrected chi connectivity index (χ0v) is 17.1. The van der Waals surface area contributed by atoms with Crippen LogP contribution in [0.4, 0.5) is 5.69 Å². The van der Waals surface area contributed by atoms with E-state index in [1.54, 1.807) is 18.5 Å². The maximum Gasteiger partial charge on any atom is 0.283 e. The molecule has 0 saturated heterocycles. The van der Waals surface area contributed by atoms with Crippen molar-refractivity contribution in [2.24, 2.45) is 0 Å². The standard InChI is InChI=1S/C20H20N4O2S2/c1-13-9-14(2)11-16(10-13)22-20(27)24-23-19(25)18-17(5-8-28-18)26-12-15-3-6-21-7-4-15/h3-11H,12H2,1-2H3,(H,23,25)(H2,22,24,27). The van der Waals surface area contributed by atoms with Gasteiger partial charge in [0.05, 0.1) is 0 Å². The molecule has 0 aliphatic rings. The average molecular weight is 413 g/mol. The summed E-state index contributed by atoms with van der Waals surface area (Å²) < 4.78 is 5.76. The minimum atomic E-state index is -0.315. The summed E-state index contributed by atoms with van der Waals surface area (Å²) in [6.45, 7) is 4.39. The van der Waals surface area contributed by atoms with Gasteiger partial charge in [0.2, 0.25) is 0 Å². The van der Waals surface area contributed by atoms with Crippen molar-refractivity contribution in [3.63, 3.8) is 0 Å². The third kappa shape index (κ3) is 5.51. The number of nitrogens with one attached hydrogen (secondary N) is 3. The van der Waals surface area contributed by atoms with Crippen molar-refractivity contribution in [3.05, 3.63) is 75.7 Å². The number of carbonyl (C=O) groups excluding carboxylic acids is 1. The van der Waals surface area contributed by atoms with Gasteiger partial charge in [-0.15, -0.1) is 11.3 Å². The van der Waals surface area contributed by atoms with Crippen LogP contribution in [0.25, 0.3) is 0 Å². The highest BCUT2D eigenvalue weighted by atomic mass is 32.1. The number of hydrogen-bond donors (Lipinski definition) is 3. The summed E-state index contributed by atoms with van der Waals surface area (Å²) in [6.07, 6.45) is 3.40. The van der Waals surface area contributed by atoms with E-state index in [1.165, 1.54) is 11.3 Å². The van der Waals surface area contributed by atoms with E-state index in [2.05, 4.69) is 27.2 Å². The van der Waals surface area contributed by atoms with Gasteiger partial charge < -0.3 is 10.1 Å². The van der Waals surface area contributed by atoms with Crippen LogP contribution in [-0.4, -0.2) is 16.0 Å². The van der Waals surface area contributed by atoms with E-state index in [-0.39, 0.29) is 5.91 Å². The summed E-state index contributed by atoms with van der Waals surface area (Å²) in [5.41, 5.74) is 9.42. The molecule has 2 aromatic heterocycles. The molecule has 0 fully saturated rings. The third-order valence-corrected chi connectivity index (χ3v) is 4.85. The van der Waals surface area contributed by atoms with E-state index in [0.29, 0.717) is 22.3 Å². The number of nitrogens with zero attached hydrogens (tertiary/aromatic N) is 1. The van der Waals surface area contributed by atoms with Gasteiger partial charge in [0.15, 0.2) is 5.11 Å². The summed E-state index contributed by atoms with van der Waals surface area (Å²) in [4.78, 5) is 16.9. The van der Waals surface area contributed by atoms with Gasteiger partial charge in [-0.1, -0.05) is 6.07 Å². The van der Waals surface area contributed by atoms with E-state index in [1.807, 2.05) is 43.5 Å². The topological polar surface area (TPSA) is 75.3 Å². The molecular formula is C20H20N4O2S2. The van der Waals surface area contributed by atoms with E-state index < -0.39 is 0 Å². The number of thiocarbonyl (C=S) groups is 1. The normalized spacial score (nSPS) is 10.2. The second-order valence-electron chi connectivity index (χ2n) is 6.17. The summed E-state index contributed by atoms with van der Waals surface area (Å²) in [6, 6.07) is 11.5. The fraction of sp³-hybridized carbons (Fsp3) is 0.150. The first-order valence-corrected chi connectivity index (χ1v) is 9.85. The van der Waals surface area contributed by atoms with E-state index in [4.69, 9.17) is 17.0 Å². The Kier molecular flexibility index (Phi) is 6.57. The van der Waals surface area contributed by atoms with Gasteiger partial charge in [0.1, 0.15) is 17.2 Å². The number of aromatic nitrogens is 1. The van der Waals surface area contributed by atoms with Crippen LogP contribution in [0.3, 0.4) is 0 Å². The monoisotopic (exact) mass is 412 g/mol. The number of pyridine rings is 1. The van der Waals surface area contributed by atoms with Crippen LogP contribution in [0.15, 0.2) is 54.2 Å². The van der Waals surface area contributed by atoms with Crippen LogP contribution < -0.4 is 20.9 Å². The SMILES string of the molecule is Cc1cc(C)cc(NC(=S)NNC(=O)c2sccc2OCc2ccncc2)c1. The molecule has 0 unspecified atom stereocenters. The first kappa shape index (κ1) is 19.8. The Morgan fingerprint density at radius 1 is 1.11 bits per heavy atom. The molecule has 8 heteroatoms. The van der Waals surface area contributed by atoms with Crippen molar-refractivity contribution in [1.82, 2.24) is 15.8 Å². The summed E-state index contributed by atoms with van der Waals surface area (Å²) in [7, 11) is 0. The molecule has 0 aliphatic carbocycles. The molecule has 3 rings (SSSR count). The molecule has 144 valence electrons. The van der Waals surface area contributed by atoms with E-state index in [0.717, 1.165) is 22.4 Å². The van der Waals surface area contributed by atoms with Gasteiger partial charge in [-0.3, -0.25) is 20.6 Å². The molecule has 28 heavy (non-hydrogen) atoms. The lowest BCUT2D eigenvalue weighted by Gasteiger charge is -2.13. The Labute approximate surface area is 172 Å². The zero-order chi connectivity index (χ0) is 19.9. The quantitative estimate of drug-likeness (QED) is 0.435. The number of ether oxygens (including phenoxy) is 1. The van der Waals surface area contributed by atoms with Crippen LogP contribution in [-0.2, 0) is 6.61 Å². The smallest absolute Gasteiger partial charge is 0.283 e. The van der Waals surface area contributed by atoms with Gasteiger partial charge in [-0.05, 0) is 78.5 Å². The predicted octanol–water partition coefficient (Wildman–Crippen LogP) is 3.97. The number of amides is 1. The molecular weight excluding hydrogens is 392 g/mol. The van der Waals surface area contributed by atoms with E-state index >= 15 is 0 Å². The van der Waals surface area contributed by atoms with Crippen LogP contribution in [0.2, 0.25) is 0 Å². The van der Waals surface area contributed by atoms with Crippen molar-refractivity contribution < 1.29 is 9.53 Å². The maximum absolute atomic E-state index is 12.5. The first-order chi connectivity index (χ1) is 13.5. The lowest BCUT2D eigenvalue weighted by Crippen LogP contribution is -2.43. The third-order valence-electron chi connectivity index (χ3n) is 3.75. The van der Waals surface area contributed by atoms with Crippen molar-refractivity contribution in [1.29, 1.82) is 0 Å². The van der Waals surface area contributed by atoms with Crippen molar-refractivity contribution >= 4 is 40.3 Å². The van der Waals surface area contributed by atoms with Gasteiger partial charge in [0, 0.05) is 18.1 Å². The maximum atomic E-state index is 12.5. The van der Waals surface area contributed by atoms with Crippen molar-refractivity contribution in [2.75, 3.05) is 5.32 Å².